The molecule has 7 nitrogen and oxygen atoms in total. The number of rotatable bonds is 3. The van der Waals surface area contributed by atoms with Gasteiger partial charge in [0.15, 0.2) is 5.13 Å². The predicted molar refractivity (Wildman–Crippen MR) is 103 cm³/mol. The van der Waals surface area contributed by atoms with Gasteiger partial charge in [-0.2, -0.15) is 0 Å². The fraction of sp³-hybridized carbons (Fsp3) is 0.368. The van der Waals surface area contributed by atoms with Crippen LogP contribution in [0.15, 0.2) is 24.3 Å². The van der Waals surface area contributed by atoms with Crippen molar-refractivity contribution in [2.75, 3.05) is 23.3 Å². The number of para-hydroxylation sites is 1. The van der Waals surface area contributed by atoms with E-state index in [1.165, 1.54) is 16.2 Å². The van der Waals surface area contributed by atoms with E-state index in [9.17, 15) is 14.4 Å². The molecular formula is C19H20N4O3S. The Morgan fingerprint density at radius 1 is 1.30 bits per heavy atom. The van der Waals surface area contributed by atoms with E-state index < -0.39 is 6.04 Å². The van der Waals surface area contributed by atoms with Crippen molar-refractivity contribution >= 4 is 39.9 Å². The van der Waals surface area contributed by atoms with Gasteiger partial charge in [0.1, 0.15) is 12.6 Å². The molecule has 1 saturated heterocycles. The Bertz CT molecular complexity index is 919. The van der Waals surface area contributed by atoms with Crippen LogP contribution in [-0.2, 0) is 9.59 Å². The minimum Gasteiger partial charge on any atom is -0.327 e. The number of hydrogen-bond acceptors (Lipinski definition) is 5. The van der Waals surface area contributed by atoms with Gasteiger partial charge in [-0.3, -0.25) is 14.4 Å². The van der Waals surface area contributed by atoms with E-state index in [1.54, 1.807) is 29.2 Å². The highest BCUT2D eigenvalue weighted by molar-refractivity contribution is 7.15. The van der Waals surface area contributed by atoms with Crippen molar-refractivity contribution in [3.05, 3.63) is 40.4 Å². The van der Waals surface area contributed by atoms with E-state index in [4.69, 9.17) is 0 Å². The third-order valence-corrected chi connectivity index (χ3v) is 6.05. The molecule has 1 fully saturated rings. The first-order valence-corrected chi connectivity index (χ1v) is 9.72. The number of nitrogens with one attached hydrogen (secondary N) is 1. The topological polar surface area (TPSA) is 82.6 Å². The second-order valence-electron chi connectivity index (χ2n) is 6.81. The van der Waals surface area contributed by atoms with Gasteiger partial charge in [-0.25, -0.2) is 4.98 Å². The van der Waals surface area contributed by atoms with Gasteiger partial charge >= 0.3 is 0 Å². The zero-order valence-electron chi connectivity index (χ0n) is 15.2. The molecule has 0 aliphatic carbocycles. The maximum atomic E-state index is 13.1. The van der Waals surface area contributed by atoms with E-state index >= 15 is 0 Å². The molecule has 0 radical (unpaired) electrons. The lowest BCUT2D eigenvalue weighted by molar-refractivity contribution is -0.124. The van der Waals surface area contributed by atoms with Gasteiger partial charge in [0.25, 0.3) is 5.91 Å². The van der Waals surface area contributed by atoms with Crippen LogP contribution in [0.4, 0.5) is 10.8 Å². The Morgan fingerprint density at radius 3 is 2.81 bits per heavy atom. The van der Waals surface area contributed by atoms with Gasteiger partial charge < -0.3 is 15.1 Å². The van der Waals surface area contributed by atoms with Crippen molar-refractivity contribution in [2.45, 2.75) is 32.7 Å². The predicted octanol–water partition coefficient (Wildman–Crippen LogP) is 2.35. The summed E-state index contributed by atoms with van der Waals surface area (Å²) in [6, 6.07) is 6.48. The zero-order chi connectivity index (χ0) is 19.1. The molecule has 3 heterocycles. The smallest absolute Gasteiger partial charge is 0.256 e. The molecular weight excluding hydrogens is 364 g/mol. The van der Waals surface area contributed by atoms with Crippen molar-refractivity contribution in [3.63, 3.8) is 0 Å². The fourth-order valence-electron chi connectivity index (χ4n) is 3.60. The van der Waals surface area contributed by atoms with Crippen LogP contribution in [-0.4, -0.2) is 46.7 Å². The number of benzene rings is 1. The summed E-state index contributed by atoms with van der Waals surface area (Å²) in [5.74, 6) is -0.672. The fourth-order valence-corrected chi connectivity index (χ4v) is 4.43. The summed E-state index contributed by atoms with van der Waals surface area (Å²) in [5, 5.41) is 3.29. The Balaban J connectivity index is 1.63. The van der Waals surface area contributed by atoms with E-state index in [1.807, 2.05) is 13.8 Å². The third-order valence-electron chi connectivity index (χ3n) is 5.07. The zero-order valence-corrected chi connectivity index (χ0v) is 16.0. The maximum absolute atomic E-state index is 13.1. The number of fused-ring (bicyclic) bond motifs is 2. The standard InChI is InChI=1S/C19H20N4O3S/c1-11-12(2)27-19(20-11)21-16(24)10-23-14-7-4-3-6-13(14)17(25)22-9-5-8-15(22)18(23)26/h3-4,6-7,15H,5,8-10H2,1-2H3,(H,20,21,24)/t15-/m1/s1. The van der Waals surface area contributed by atoms with E-state index in [0.717, 1.165) is 17.0 Å². The molecule has 8 heteroatoms. The number of aryl methyl sites for hydroxylation is 2. The summed E-state index contributed by atoms with van der Waals surface area (Å²) in [6.07, 6.45) is 1.42. The van der Waals surface area contributed by atoms with Crippen molar-refractivity contribution in [2.24, 2.45) is 0 Å². The van der Waals surface area contributed by atoms with Gasteiger partial charge in [0.05, 0.1) is 16.9 Å². The van der Waals surface area contributed by atoms with Gasteiger partial charge in [-0.1, -0.05) is 12.1 Å². The van der Waals surface area contributed by atoms with Crippen LogP contribution >= 0.6 is 11.3 Å². The van der Waals surface area contributed by atoms with Crippen molar-refractivity contribution in [3.8, 4) is 0 Å². The molecule has 0 saturated carbocycles. The molecule has 2 aromatic rings. The number of aromatic nitrogens is 1. The molecule has 1 aromatic carbocycles. The van der Waals surface area contributed by atoms with Gasteiger partial charge in [0.2, 0.25) is 11.8 Å². The average Bonchev–Trinajstić information content (AvgIpc) is 3.23. The van der Waals surface area contributed by atoms with Crippen LogP contribution in [0.5, 0.6) is 0 Å². The Morgan fingerprint density at radius 2 is 2.07 bits per heavy atom. The second-order valence-corrected chi connectivity index (χ2v) is 8.01. The molecule has 1 aromatic heterocycles. The molecule has 0 unspecified atom stereocenters. The minimum absolute atomic E-state index is 0.143. The van der Waals surface area contributed by atoms with Crippen LogP contribution in [0.1, 0.15) is 33.8 Å². The molecule has 27 heavy (non-hydrogen) atoms. The largest absolute Gasteiger partial charge is 0.327 e. The van der Waals surface area contributed by atoms with E-state index in [0.29, 0.717) is 29.3 Å². The summed E-state index contributed by atoms with van der Waals surface area (Å²) in [5.41, 5.74) is 1.83. The summed E-state index contributed by atoms with van der Waals surface area (Å²) in [7, 11) is 0. The first kappa shape index (κ1) is 17.7. The number of hydrogen-bond donors (Lipinski definition) is 1. The normalized spacial score (nSPS) is 19.0. The first-order valence-electron chi connectivity index (χ1n) is 8.91. The summed E-state index contributed by atoms with van der Waals surface area (Å²) in [4.78, 5) is 47.0. The maximum Gasteiger partial charge on any atom is 0.256 e. The van der Waals surface area contributed by atoms with Crippen LogP contribution in [0, 0.1) is 13.8 Å². The van der Waals surface area contributed by atoms with Gasteiger partial charge in [0, 0.05) is 11.4 Å². The van der Waals surface area contributed by atoms with Crippen LogP contribution in [0.25, 0.3) is 0 Å². The highest BCUT2D eigenvalue weighted by Gasteiger charge is 2.42. The SMILES string of the molecule is Cc1nc(NC(=O)CN2C(=O)[C@H]3CCCN3C(=O)c3ccccc32)sc1C. The van der Waals surface area contributed by atoms with E-state index in [-0.39, 0.29) is 24.3 Å². The molecule has 2 aliphatic heterocycles. The number of thiazole rings is 1. The Hall–Kier alpha value is -2.74. The highest BCUT2D eigenvalue weighted by Crippen LogP contribution is 2.32. The molecule has 4 rings (SSSR count). The highest BCUT2D eigenvalue weighted by atomic mass is 32.1. The second kappa shape index (κ2) is 6.77. The minimum atomic E-state index is -0.498. The molecule has 1 atom stereocenters. The average molecular weight is 384 g/mol. The van der Waals surface area contributed by atoms with Crippen molar-refractivity contribution in [1.29, 1.82) is 0 Å². The molecule has 2 aliphatic rings. The molecule has 140 valence electrons. The number of anilines is 2. The lowest BCUT2D eigenvalue weighted by Gasteiger charge is -2.25. The Labute approximate surface area is 161 Å². The van der Waals surface area contributed by atoms with Crippen LogP contribution in [0.3, 0.4) is 0 Å². The Kier molecular flexibility index (Phi) is 4.43. The van der Waals surface area contributed by atoms with Crippen molar-refractivity contribution in [1.82, 2.24) is 9.88 Å². The first-order chi connectivity index (χ1) is 13.0. The summed E-state index contributed by atoms with van der Waals surface area (Å²) >= 11 is 1.40. The number of amides is 3. The van der Waals surface area contributed by atoms with Crippen molar-refractivity contribution < 1.29 is 14.4 Å². The molecule has 3 amide bonds. The lowest BCUT2D eigenvalue weighted by Crippen LogP contribution is -2.47. The third kappa shape index (κ3) is 3.10. The number of carbonyl (C=O) groups is 3. The van der Waals surface area contributed by atoms with Gasteiger partial charge in [-0.05, 0) is 38.8 Å². The summed E-state index contributed by atoms with van der Waals surface area (Å²) in [6.45, 7) is 4.25. The molecule has 0 spiro atoms. The van der Waals surface area contributed by atoms with Crippen LogP contribution in [0.2, 0.25) is 0 Å². The summed E-state index contributed by atoms with van der Waals surface area (Å²) < 4.78 is 0. The number of nitrogens with zero attached hydrogens (tertiary/aromatic N) is 3. The number of carbonyl (C=O) groups excluding carboxylic acids is 3. The molecule has 0 bridgehead atoms. The lowest BCUT2D eigenvalue weighted by atomic mass is 10.1. The van der Waals surface area contributed by atoms with Crippen LogP contribution < -0.4 is 10.2 Å². The van der Waals surface area contributed by atoms with E-state index in [2.05, 4.69) is 10.3 Å². The quantitative estimate of drug-likeness (QED) is 0.881. The van der Waals surface area contributed by atoms with Gasteiger partial charge in [-0.15, -0.1) is 11.3 Å². The molecule has 1 N–H and O–H groups in total. The monoisotopic (exact) mass is 384 g/mol.